The first-order valence-corrected chi connectivity index (χ1v) is 7.65. The Morgan fingerprint density at radius 2 is 2.13 bits per heavy atom. The van der Waals surface area contributed by atoms with E-state index in [0.29, 0.717) is 10.6 Å². The molecule has 1 aromatic carbocycles. The van der Waals surface area contributed by atoms with E-state index in [9.17, 15) is 9.90 Å². The van der Waals surface area contributed by atoms with Crippen LogP contribution in [-0.4, -0.2) is 20.4 Å². The van der Waals surface area contributed by atoms with Gasteiger partial charge in [-0.3, -0.25) is 4.79 Å². The Morgan fingerprint density at radius 3 is 2.87 bits per heavy atom. The van der Waals surface area contributed by atoms with Crippen LogP contribution in [0.3, 0.4) is 0 Å². The average molecular weight is 330 g/mol. The third kappa shape index (κ3) is 2.87. The Balaban J connectivity index is 1.94. The number of phenolic OH excluding ortho intramolecular Hbond substituents is 1. The zero-order chi connectivity index (χ0) is 16.6. The zero-order valence-corrected chi connectivity index (χ0v) is 13.6. The van der Waals surface area contributed by atoms with Crippen molar-refractivity contribution in [3.63, 3.8) is 0 Å². The van der Waals surface area contributed by atoms with Gasteiger partial charge in [-0.05, 0) is 43.7 Å². The van der Waals surface area contributed by atoms with Crippen molar-refractivity contribution < 1.29 is 9.90 Å². The molecule has 23 heavy (non-hydrogen) atoms. The maximum atomic E-state index is 12.4. The number of pyridine rings is 1. The third-order valence-corrected chi connectivity index (χ3v) is 3.99. The highest BCUT2D eigenvalue weighted by Crippen LogP contribution is 2.27. The highest BCUT2D eigenvalue weighted by molar-refractivity contribution is 6.31. The number of benzene rings is 1. The summed E-state index contributed by atoms with van der Waals surface area (Å²) in [5.41, 5.74) is 3.58. The van der Waals surface area contributed by atoms with Gasteiger partial charge >= 0.3 is 0 Å². The number of carbonyl (C=O) groups excluding carboxylic acids is 1. The van der Waals surface area contributed by atoms with Gasteiger partial charge in [-0.1, -0.05) is 18.5 Å². The molecular weight excluding hydrogens is 314 g/mol. The van der Waals surface area contributed by atoms with Crippen LogP contribution in [0, 0.1) is 6.92 Å². The van der Waals surface area contributed by atoms with Crippen molar-refractivity contribution in [1.29, 1.82) is 0 Å². The van der Waals surface area contributed by atoms with Gasteiger partial charge in [-0.15, -0.1) is 0 Å². The first kappa shape index (κ1) is 15.4. The van der Waals surface area contributed by atoms with Crippen LogP contribution in [0.4, 0.5) is 5.69 Å². The second-order valence-electron chi connectivity index (χ2n) is 5.26. The fraction of sp³-hybridized carbons (Fsp3) is 0.176. The third-order valence-electron chi connectivity index (χ3n) is 3.76. The van der Waals surface area contributed by atoms with E-state index in [-0.39, 0.29) is 17.3 Å². The summed E-state index contributed by atoms with van der Waals surface area (Å²) >= 11 is 5.89. The summed E-state index contributed by atoms with van der Waals surface area (Å²) in [4.78, 5) is 16.9. The van der Waals surface area contributed by atoms with E-state index < -0.39 is 0 Å². The van der Waals surface area contributed by atoms with Crippen molar-refractivity contribution in [3.8, 4) is 5.75 Å². The molecule has 0 bridgehead atoms. The molecule has 0 aliphatic heterocycles. The lowest BCUT2D eigenvalue weighted by Gasteiger charge is -2.08. The van der Waals surface area contributed by atoms with Gasteiger partial charge in [0.1, 0.15) is 11.4 Å². The zero-order valence-electron chi connectivity index (χ0n) is 12.8. The number of fused-ring (bicyclic) bond motifs is 1. The number of amides is 1. The van der Waals surface area contributed by atoms with Crippen LogP contribution in [0.1, 0.15) is 28.7 Å². The van der Waals surface area contributed by atoms with Gasteiger partial charge in [0.15, 0.2) is 0 Å². The summed E-state index contributed by atoms with van der Waals surface area (Å²) in [6, 6.07) is 8.01. The summed E-state index contributed by atoms with van der Waals surface area (Å²) in [6.45, 7) is 4.02. The highest BCUT2D eigenvalue weighted by atomic mass is 35.5. The predicted molar refractivity (Wildman–Crippen MR) is 90.4 cm³/mol. The molecule has 2 N–H and O–H groups in total. The van der Waals surface area contributed by atoms with Gasteiger partial charge in [0.05, 0.1) is 16.9 Å². The monoisotopic (exact) mass is 329 g/mol. The lowest BCUT2D eigenvalue weighted by Crippen LogP contribution is -2.13. The molecule has 0 unspecified atom stereocenters. The number of aromatic nitrogens is 2. The van der Waals surface area contributed by atoms with Crippen molar-refractivity contribution in [2.75, 3.05) is 5.32 Å². The molecule has 6 heteroatoms. The molecule has 118 valence electrons. The van der Waals surface area contributed by atoms with Gasteiger partial charge in [0.25, 0.3) is 5.91 Å². The summed E-state index contributed by atoms with van der Waals surface area (Å²) in [5.74, 6) is -0.355. The van der Waals surface area contributed by atoms with E-state index in [4.69, 9.17) is 11.6 Å². The highest BCUT2D eigenvalue weighted by Gasteiger charge is 2.12. The standard InChI is InChI=1S/C17H16ClN3O2/c1-3-13-10(2)21-9-11(4-7-16(21)19-13)17(23)20-14-8-12(18)5-6-15(14)22/h4-9,22H,3H2,1-2H3,(H,20,23). The number of phenols is 1. The molecule has 2 aromatic heterocycles. The maximum absolute atomic E-state index is 12.4. The van der Waals surface area contributed by atoms with Crippen LogP contribution in [0.15, 0.2) is 36.5 Å². The number of hydrogen-bond donors (Lipinski definition) is 2. The molecule has 0 radical (unpaired) electrons. The molecule has 0 fully saturated rings. The van der Waals surface area contributed by atoms with Crippen molar-refractivity contribution in [2.24, 2.45) is 0 Å². The van der Waals surface area contributed by atoms with Gasteiger partial charge in [0, 0.05) is 16.9 Å². The van der Waals surface area contributed by atoms with Crippen molar-refractivity contribution in [1.82, 2.24) is 9.38 Å². The maximum Gasteiger partial charge on any atom is 0.257 e. The fourth-order valence-corrected chi connectivity index (χ4v) is 2.66. The molecule has 0 atom stereocenters. The second kappa shape index (κ2) is 5.93. The molecule has 0 aliphatic rings. The molecule has 3 rings (SSSR count). The van der Waals surface area contributed by atoms with Crippen LogP contribution in [0.25, 0.3) is 5.65 Å². The minimum atomic E-state index is -0.324. The number of aryl methyl sites for hydroxylation is 2. The molecule has 0 spiro atoms. The van der Waals surface area contributed by atoms with Crippen LogP contribution in [0.2, 0.25) is 5.02 Å². The summed E-state index contributed by atoms with van der Waals surface area (Å²) in [6.07, 6.45) is 2.58. The average Bonchev–Trinajstić information content (AvgIpc) is 2.86. The molecule has 0 saturated carbocycles. The van der Waals surface area contributed by atoms with E-state index in [1.807, 2.05) is 18.2 Å². The number of aromatic hydroxyl groups is 1. The predicted octanol–water partition coefficient (Wildman–Crippen LogP) is 3.82. The van der Waals surface area contributed by atoms with Crippen LogP contribution in [0.5, 0.6) is 5.75 Å². The molecular formula is C17H16ClN3O2. The van der Waals surface area contributed by atoms with Gasteiger partial charge in [0.2, 0.25) is 0 Å². The number of nitrogens with zero attached hydrogens (tertiary/aromatic N) is 2. The van der Waals surface area contributed by atoms with E-state index in [0.717, 1.165) is 23.5 Å². The summed E-state index contributed by atoms with van der Waals surface area (Å²) < 4.78 is 1.89. The SMILES string of the molecule is CCc1nc2ccc(C(=O)Nc3cc(Cl)ccc3O)cn2c1C. The number of nitrogens with one attached hydrogen (secondary N) is 1. The number of imidazole rings is 1. The molecule has 5 nitrogen and oxygen atoms in total. The van der Waals surface area contributed by atoms with Crippen molar-refractivity contribution >= 4 is 28.8 Å². The van der Waals surface area contributed by atoms with Crippen molar-refractivity contribution in [2.45, 2.75) is 20.3 Å². The molecule has 1 amide bonds. The molecule has 0 aliphatic carbocycles. The quantitative estimate of drug-likeness (QED) is 0.718. The van der Waals surface area contributed by atoms with Gasteiger partial charge in [-0.2, -0.15) is 0 Å². The lowest BCUT2D eigenvalue weighted by molar-refractivity contribution is 0.102. The first-order valence-electron chi connectivity index (χ1n) is 7.27. The smallest absolute Gasteiger partial charge is 0.257 e. The van der Waals surface area contributed by atoms with Crippen LogP contribution in [-0.2, 0) is 6.42 Å². The molecule has 2 heterocycles. The number of carbonyl (C=O) groups is 1. The summed E-state index contributed by atoms with van der Waals surface area (Å²) in [7, 11) is 0. The lowest BCUT2D eigenvalue weighted by atomic mass is 10.2. The van der Waals surface area contributed by atoms with Crippen LogP contribution >= 0.6 is 11.6 Å². The largest absolute Gasteiger partial charge is 0.506 e. The Hall–Kier alpha value is -2.53. The number of anilines is 1. The van der Waals surface area contributed by atoms with Gasteiger partial charge < -0.3 is 14.8 Å². The van der Waals surface area contributed by atoms with Crippen molar-refractivity contribution in [3.05, 3.63) is 58.5 Å². The van der Waals surface area contributed by atoms with Crippen LogP contribution < -0.4 is 5.32 Å². The number of hydrogen-bond acceptors (Lipinski definition) is 3. The Kier molecular flexibility index (Phi) is 3.96. The second-order valence-corrected chi connectivity index (χ2v) is 5.70. The Labute approximate surface area is 138 Å². The number of halogens is 1. The molecule has 3 aromatic rings. The first-order chi connectivity index (χ1) is 11.0. The minimum absolute atomic E-state index is 0.0316. The Bertz CT molecular complexity index is 902. The fourth-order valence-electron chi connectivity index (χ4n) is 2.48. The van der Waals surface area contributed by atoms with E-state index in [1.54, 1.807) is 24.4 Å². The number of rotatable bonds is 3. The minimum Gasteiger partial charge on any atom is -0.506 e. The Morgan fingerprint density at radius 1 is 1.35 bits per heavy atom. The molecule has 0 saturated heterocycles. The van der Waals surface area contributed by atoms with E-state index in [2.05, 4.69) is 10.3 Å². The van der Waals surface area contributed by atoms with Gasteiger partial charge in [-0.25, -0.2) is 4.98 Å². The topological polar surface area (TPSA) is 66.6 Å². The van der Waals surface area contributed by atoms with E-state index in [1.165, 1.54) is 12.1 Å². The normalized spacial score (nSPS) is 10.9. The summed E-state index contributed by atoms with van der Waals surface area (Å²) in [5, 5.41) is 12.9. The van der Waals surface area contributed by atoms with E-state index >= 15 is 0 Å².